The van der Waals surface area contributed by atoms with E-state index in [9.17, 15) is 26.4 Å². The summed E-state index contributed by atoms with van der Waals surface area (Å²) in [5, 5.41) is 0. The minimum absolute atomic E-state index is 0.0265. The molecule has 28 heavy (non-hydrogen) atoms. The molecule has 2 aromatic carbocycles. The van der Waals surface area contributed by atoms with Gasteiger partial charge in [-0.3, -0.25) is 4.79 Å². The molecule has 0 bridgehead atoms. The maximum Gasteiger partial charge on any atom is 0.573 e. The second kappa shape index (κ2) is 7.80. The van der Waals surface area contributed by atoms with E-state index in [1.807, 2.05) is 0 Å². The van der Waals surface area contributed by atoms with Crippen LogP contribution < -0.4 is 4.74 Å². The van der Waals surface area contributed by atoms with E-state index < -0.39 is 27.0 Å². The Hall–Kier alpha value is -2.59. The molecule has 0 spiro atoms. The first-order chi connectivity index (χ1) is 13.2. The summed E-state index contributed by atoms with van der Waals surface area (Å²) in [7, 11) is -4.21. The quantitative estimate of drug-likeness (QED) is 0.772. The van der Waals surface area contributed by atoms with Crippen molar-refractivity contribution in [2.75, 3.05) is 26.2 Å². The van der Waals surface area contributed by atoms with Gasteiger partial charge in [0.05, 0.1) is 0 Å². The van der Waals surface area contributed by atoms with E-state index in [2.05, 4.69) is 4.74 Å². The van der Waals surface area contributed by atoms with Crippen LogP contribution in [0.2, 0.25) is 0 Å². The Balaban J connectivity index is 1.75. The highest BCUT2D eigenvalue weighted by molar-refractivity contribution is 7.89. The van der Waals surface area contributed by atoms with Crippen molar-refractivity contribution in [3.05, 3.63) is 60.2 Å². The number of nitrogens with zero attached hydrogens (tertiary/aromatic N) is 2. The number of benzene rings is 2. The van der Waals surface area contributed by atoms with Crippen LogP contribution in [-0.4, -0.2) is 56.1 Å². The molecule has 0 aliphatic carbocycles. The van der Waals surface area contributed by atoms with Gasteiger partial charge in [-0.15, -0.1) is 13.2 Å². The second-order valence-electron chi connectivity index (χ2n) is 6.06. The predicted molar refractivity (Wildman–Crippen MR) is 94.2 cm³/mol. The zero-order valence-corrected chi connectivity index (χ0v) is 15.4. The van der Waals surface area contributed by atoms with Crippen molar-refractivity contribution >= 4 is 15.9 Å². The molecule has 2 aromatic rings. The molecule has 1 aliphatic heterocycles. The van der Waals surface area contributed by atoms with Crippen LogP contribution in [0.5, 0.6) is 5.75 Å². The molecule has 3 rings (SSSR count). The third kappa shape index (κ3) is 4.45. The van der Waals surface area contributed by atoms with Crippen molar-refractivity contribution in [3.63, 3.8) is 0 Å². The van der Waals surface area contributed by atoms with E-state index in [1.54, 1.807) is 30.3 Å². The Kier molecular flexibility index (Phi) is 5.61. The zero-order valence-electron chi connectivity index (χ0n) is 14.6. The van der Waals surface area contributed by atoms with Gasteiger partial charge in [0.15, 0.2) is 0 Å². The van der Waals surface area contributed by atoms with Crippen LogP contribution in [0.1, 0.15) is 10.4 Å². The number of carbonyl (C=O) groups excluding carboxylic acids is 1. The van der Waals surface area contributed by atoms with Crippen molar-refractivity contribution in [1.82, 2.24) is 9.21 Å². The number of para-hydroxylation sites is 1. The summed E-state index contributed by atoms with van der Waals surface area (Å²) in [6.45, 7) is 0.215. The highest BCUT2D eigenvalue weighted by Gasteiger charge is 2.36. The summed E-state index contributed by atoms with van der Waals surface area (Å²) >= 11 is 0. The lowest BCUT2D eigenvalue weighted by molar-refractivity contribution is -0.275. The Morgan fingerprint density at radius 2 is 1.46 bits per heavy atom. The van der Waals surface area contributed by atoms with Crippen molar-refractivity contribution in [2.24, 2.45) is 0 Å². The molecule has 0 atom stereocenters. The SMILES string of the molecule is O=C(c1ccccc1)N1CCN(S(=O)(=O)c2ccccc2OC(F)(F)F)CC1. The molecule has 1 fully saturated rings. The van der Waals surface area contributed by atoms with Crippen LogP contribution in [0.3, 0.4) is 0 Å². The predicted octanol–water partition coefficient (Wildman–Crippen LogP) is 2.73. The highest BCUT2D eigenvalue weighted by Crippen LogP contribution is 2.31. The van der Waals surface area contributed by atoms with E-state index in [4.69, 9.17) is 0 Å². The molecule has 0 unspecified atom stereocenters. The van der Waals surface area contributed by atoms with Gasteiger partial charge in [-0.1, -0.05) is 30.3 Å². The monoisotopic (exact) mass is 414 g/mol. The lowest BCUT2D eigenvalue weighted by Gasteiger charge is -2.34. The maximum atomic E-state index is 12.8. The summed E-state index contributed by atoms with van der Waals surface area (Å²) in [6, 6.07) is 13.2. The van der Waals surface area contributed by atoms with Gasteiger partial charge in [-0.05, 0) is 24.3 Å². The van der Waals surface area contributed by atoms with Crippen LogP contribution in [0.25, 0.3) is 0 Å². The minimum Gasteiger partial charge on any atom is -0.404 e. The first-order valence-corrected chi connectivity index (χ1v) is 9.82. The number of carbonyl (C=O) groups is 1. The molecular formula is C18H17F3N2O4S. The van der Waals surface area contributed by atoms with Crippen molar-refractivity contribution in [3.8, 4) is 5.75 Å². The van der Waals surface area contributed by atoms with Crippen LogP contribution >= 0.6 is 0 Å². The van der Waals surface area contributed by atoms with Gasteiger partial charge >= 0.3 is 6.36 Å². The fourth-order valence-electron chi connectivity index (χ4n) is 2.91. The fourth-order valence-corrected chi connectivity index (χ4v) is 4.44. The Morgan fingerprint density at radius 3 is 2.07 bits per heavy atom. The smallest absolute Gasteiger partial charge is 0.404 e. The molecule has 0 N–H and O–H groups in total. The first-order valence-electron chi connectivity index (χ1n) is 8.38. The molecule has 0 radical (unpaired) electrons. The van der Waals surface area contributed by atoms with Gasteiger partial charge in [0, 0.05) is 31.7 Å². The molecule has 150 valence electrons. The molecule has 1 aliphatic rings. The largest absolute Gasteiger partial charge is 0.573 e. The number of rotatable bonds is 4. The number of amides is 1. The van der Waals surface area contributed by atoms with E-state index in [0.717, 1.165) is 16.4 Å². The van der Waals surface area contributed by atoms with Gasteiger partial charge in [0.2, 0.25) is 10.0 Å². The van der Waals surface area contributed by atoms with Crippen LogP contribution in [0.4, 0.5) is 13.2 Å². The average Bonchev–Trinajstić information content (AvgIpc) is 2.67. The number of hydrogen-bond acceptors (Lipinski definition) is 4. The van der Waals surface area contributed by atoms with Gasteiger partial charge in [-0.2, -0.15) is 4.31 Å². The van der Waals surface area contributed by atoms with Gasteiger partial charge in [-0.25, -0.2) is 8.42 Å². The van der Waals surface area contributed by atoms with Crippen LogP contribution in [0.15, 0.2) is 59.5 Å². The lowest BCUT2D eigenvalue weighted by atomic mass is 10.2. The van der Waals surface area contributed by atoms with Crippen molar-refractivity contribution < 1.29 is 31.1 Å². The topological polar surface area (TPSA) is 66.9 Å². The molecule has 1 saturated heterocycles. The molecule has 1 amide bonds. The Morgan fingerprint density at radius 1 is 0.893 bits per heavy atom. The van der Waals surface area contributed by atoms with E-state index in [-0.39, 0.29) is 32.1 Å². The third-order valence-corrected chi connectivity index (χ3v) is 6.18. The van der Waals surface area contributed by atoms with Crippen LogP contribution in [-0.2, 0) is 10.0 Å². The van der Waals surface area contributed by atoms with Gasteiger partial charge < -0.3 is 9.64 Å². The van der Waals surface area contributed by atoms with Crippen molar-refractivity contribution in [2.45, 2.75) is 11.3 Å². The Bertz CT molecular complexity index is 941. The van der Waals surface area contributed by atoms with Crippen LogP contribution in [0, 0.1) is 0 Å². The average molecular weight is 414 g/mol. The second-order valence-corrected chi connectivity index (χ2v) is 7.96. The number of alkyl halides is 3. The summed E-state index contributed by atoms with van der Waals surface area (Å²) in [4.78, 5) is 13.4. The van der Waals surface area contributed by atoms with Crippen molar-refractivity contribution in [1.29, 1.82) is 0 Å². The molecule has 0 saturated carbocycles. The lowest BCUT2D eigenvalue weighted by Crippen LogP contribution is -2.50. The molecular weight excluding hydrogens is 397 g/mol. The normalized spacial score (nSPS) is 16.0. The summed E-state index contributed by atoms with van der Waals surface area (Å²) in [6.07, 6.45) is -5.01. The summed E-state index contributed by atoms with van der Waals surface area (Å²) in [5.74, 6) is -1.00. The van der Waals surface area contributed by atoms with E-state index in [0.29, 0.717) is 5.56 Å². The number of sulfonamides is 1. The number of piperazine rings is 1. The Labute approximate surface area is 160 Å². The standard InChI is InChI=1S/C18H17F3N2O4S/c19-18(20,21)27-15-8-4-5-9-16(15)28(25,26)23-12-10-22(11-13-23)17(24)14-6-2-1-3-7-14/h1-9H,10-13H2. The van der Waals surface area contributed by atoms with E-state index >= 15 is 0 Å². The molecule has 0 aromatic heterocycles. The van der Waals surface area contributed by atoms with Gasteiger partial charge in [0.25, 0.3) is 5.91 Å². The number of hydrogen-bond donors (Lipinski definition) is 0. The first kappa shape index (κ1) is 20.2. The number of ether oxygens (including phenoxy) is 1. The zero-order chi connectivity index (χ0) is 20.4. The van der Waals surface area contributed by atoms with Gasteiger partial charge in [0.1, 0.15) is 10.6 Å². The molecule has 6 nitrogen and oxygen atoms in total. The number of halogens is 3. The summed E-state index contributed by atoms with van der Waals surface area (Å²) in [5.41, 5.74) is 0.489. The minimum atomic E-state index is -5.01. The third-order valence-electron chi connectivity index (χ3n) is 4.24. The van der Waals surface area contributed by atoms with E-state index in [1.165, 1.54) is 17.0 Å². The fraction of sp³-hybridized carbons (Fsp3) is 0.278. The summed E-state index contributed by atoms with van der Waals surface area (Å²) < 4.78 is 68.3. The molecule has 10 heteroatoms. The highest BCUT2D eigenvalue weighted by atomic mass is 32.2. The molecule has 1 heterocycles. The maximum absolute atomic E-state index is 12.8.